The Morgan fingerprint density at radius 2 is 1.92 bits per heavy atom. The molecule has 0 aliphatic carbocycles. The highest BCUT2D eigenvalue weighted by molar-refractivity contribution is 7.16. The third kappa shape index (κ3) is 3.85. The Morgan fingerprint density at radius 1 is 1.17 bits per heavy atom. The molecule has 0 bridgehead atoms. The van der Waals surface area contributed by atoms with E-state index in [4.69, 9.17) is 0 Å². The number of aryl methyl sites for hydroxylation is 1. The van der Waals surface area contributed by atoms with Crippen molar-refractivity contribution in [1.82, 2.24) is 15.2 Å². The fourth-order valence-corrected chi connectivity index (χ4v) is 4.13. The van der Waals surface area contributed by atoms with Crippen molar-refractivity contribution in [3.05, 3.63) is 46.0 Å². The van der Waals surface area contributed by atoms with Crippen LogP contribution in [0.5, 0.6) is 0 Å². The summed E-state index contributed by atoms with van der Waals surface area (Å²) < 4.78 is 0. The van der Waals surface area contributed by atoms with E-state index in [0.717, 1.165) is 26.9 Å². The molecule has 3 aromatic rings. The fraction of sp³-hybridized carbons (Fsp3) is 0.294. The number of hydrogen-bond acceptors (Lipinski definition) is 6. The second kappa shape index (κ2) is 7.19. The lowest BCUT2D eigenvalue weighted by molar-refractivity contribution is 0.102. The van der Waals surface area contributed by atoms with E-state index in [9.17, 15) is 4.79 Å². The Balaban J connectivity index is 1.82. The monoisotopic (exact) mass is 358 g/mol. The summed E-state index contributed by atoms with van der Waals surface area (Å²) in [6, 6.07) is 9.82. The van der Waals surface area contributed by atoms with Crippen molar-refractivity contribution in [3.8, 4) is 10.4 Å². The summed E-state index contributed by atoms with van der Waals surface area (Å²) in [5, 5.41) is 13.3. The Kier molecular flexibility index (Phi) is 5.01. The minimum absolute atomic E-state index is 0.245. The predicted molar refractivity (Wildman–Crippen MR) is 98.7 cm³/mol. The Labute approximate surface area is 148 Å². The summed E-state index contributed by atoms with van der Waals surface area (Å²) in [6.07, 6.45) is 0.860. The first kappa shape index (κ1) is 16.7. The zero-order chi connectivity index (χ0) is 17.1. The molecule has 0 spiro atoms. The van der Waals surface area contributed by atoms with Crippen LogP contribution in [0.15, 0.2) is 30.3 Å². The third-order valence-electron chi connectivity index (χ3n) is 3.26. The molecule has 124 valence electrons. The van der Waals surface area contributed by atoms with E-state index >= 15 is 0 Å². The Bertz CT molecular complexity index is 839. The number of thiazole rings is 1. The maximum atomic E-state index is 12.6. The van der Waals surface area contributed by atoms with Gasteiger partial charge in [0.15, 0.2) is 0 Å². The highest BCUT2D eigenvalue weighted by Gasteiger charge is 2.19. The minimum atomic E-state index is -0.245. The first-order chi connectivity index (χ1) is 11.5. The van der Waals surface area contributed by atoms with Crippen LogP contribution >= 0.6 is 22.7 Å². The summed E-state index contributed by atoms with van der Waals surface area (Å²) in [5.41, 5.74) is 1.43. The van der Waals surface area contributed by atoms with Crippen LogP contribution in [-0.2, 0) is 6.42 Å². The van der Waals surface area contributed by atoms with Crippen LogP contribution in [0.3, 0.4) is 0 Å². The number of rotatable bonds is 5. The lowest BCUT2D eigenvalue weighted by Crippen LogP contribution is -2.13. The molecule has 0 radical (unpaired) electrons. The van der Waals surface area contributed by atoms with Gasteiger partial charge in [0.2, 0.25) is 5.13 Å². The molecule has 7 heteroatoms. The molecule has 2 aromatic heterocycles. The van der Waals surface area contributed by atoms with Crippen LogP contribution in [0.4, 0.5) is 5.13 Å². The molecule has 2 heterocycles. The zero-order valence-electron chi connectivity index (χ0n) is 13.7. The molecule has 5 nitrogen and oxygen atoms in total. The van der Waals surface area contributed by atoms with Crippen molar-refractivity contribution < 1.29 is 4.79 Å². The van der Waals surface area contributed by atoms with E-state index in [1.165, 1.54) is 22.7 Å². The molecule has 0 fully saturated rings. The van der Waals surface area contributed by atoms with Crippen LogP contribution in [-0.4, -0.2) is 21.1 Å². The highest BCUT2D eigenvalue weighted by Crippen LogP contribution is 2.30. The molecule has 0 aliphatic heterocycles. The van der Waals surface area contributed by atoms with E-state index in [1.807, 2.05) is 37.3 Å². The predicted octanol–water partition coefficient (Wildman–Crippen LogP) is 4.42. The topological polar surface area (TPSA) is 67.8 Å². The molecule has 3 rings (SSSR count). The van der Waals surface area contributed by atoms with Crippen LogP contribution in [0.2, 0.25) is 0 Å². The maximum Gasteiger partial charge on any atom is 0.277 e. The van der Waals surface area contributed by atoms with Gasteiger partial charge >= 0.3 is 0 Å². The lowest BCUT2D eigenvalue weighted by atomic mass is 10.1. The molecule has 1 aromatic carbocycles. The first-order valence-corrected chi connectivity index (χ1v) is 9.33. The van der Waals surface area contributed by atoms with E-state index in [-0.39, 0.29) is 5.91 Å². The normalized spacial score (nSPS) is 11.0. The van der Waals surface area contributed by atoms with Crippen LogP contribution in [0.1, 0.15) is 34.4 Å². The van der Waals surface area contributed by atoms with Gasteiger partial charge in [0.25, 0.3) is 5.91 Å². The standard InChI is InChI=1S/C17H18N4OS2/c1-10(2)9-13-20-21-17(24-13)19-16(22)14-15(23-11(3)18-14)12-7-5-4-6-8-12/h4-8,10H,9H2,1-3H3,(H,19,21,22). The summed E-state index contributed by atoms with van der Waals surface area (Å²) in [7, 11) is 0. The molecule has 1 amide bonds. The highest BCUT2D eigenvalue weighted by atomic mass is 32.1. The minimum Gasteiger partial charge on any atom is -0.295 e. The van der Waals surface area contributed by atoms with Crippen molar-refractivity contribution >= 4 is 33.7 Å². The summed E-state index contributed by atoms with van der Waals surface area (Å²) in [5.74, 6) is 0.262. The molecule has 0 atom stereocenters. The second-order valence-electron chi connectivity index (χ2n) is 5.83. The van der Waals surface area contributed by atoms with E-state index in [0.29, 0.717) is 16.7 Å². The van der Waals surface area contributed by atoms with Gasteiger partial charge in [-0.15, -0.1) is 21.5 Å². The molecule has 0 saturated carbocycles. The van der Waals surface area contributed by atoms with Crippen LogP contribution < -0.4 is 5.32 Å². The SMILES string of the molecule is Cc1nc(C(=O)Nc2nnc(CC(C)C)s2)c(-c2ccccc2)s1. The summed E-state index contributed by atoms with van der Waals surface area (Å²) in [4.78, 5) is 17.9. The van der Waals surface area contributed by atoms with Gasteiger partial charge in [0.05, 0.1) is 9.88 Å². The zero-order valence-corrected chi connectivity index (χ0v) is 15.4. The number of carbonyl (C=O) groups is 1. The smallest absolute Gasteiger partial charge is 0.277 e. The molecular weight excluding hydrogens is 340 g/mol. The third-order valence-corrected chi connectivity index (χ3v) is 5.14. The lowest BCUT2D eigenvalue weighted by Gasteiger charge is -2.02. The number of nitrogens with one attached hydrogen (secondary N) is 1. The van der Waals surface area contributed by atoms with Crippen molar-refractivity contribution in [2.75, 3.05) is 5.32 Å². The second-order valence-corrected chi connectivity index (χ2v) is 8.09. The van der Waals surface area contributed by atoms with Crippen LogP contribution in [0.25, 0.3) is 10.4 Å². The average molecular weight is 358 g/mol. The van der Waals surface area contributed by atoms with Crippen molar-refractivity contribution in [1.29, 1.82) is 0 Å². The quantitative estimate of drug-likeness (QED) is 0.733. The van der Waals surface area contributed by atoms with Crippen molar-refractivity contribution in [3.63, 3.8) is 0 Å². The number of aromatic nitrogens is 3. The number of anilines is 1. The molecule has 0 saturated heterocycles. The largest absolute Gasteiger partial charge is 0.295 e. The molecule has 0 unspecified atom stereocenters. The number of carbonyl (C=O) groups excluding carboxylic acids is 1. The summed E-state index contributed by atoms with van der Waals surface area (Å²) in [6.45, 7) is 6.16. The van der Waals surface area contributed by atoms with E-state index < -0.39 is 0 Å². The van der Waals surface area contributed by atoms with Gasteiger partial charge in [-0.25, -0.2) is 4.98 Å². The molecule has 24 heavy (non-hydrogen) atoms. The van der Waals surface area contributed by atoms with Crippen molar-refractivity contribution in [2.45, 2.75) is 27.2 Å². The van der Waals surface area contributed by atoms with Gasteiger partial charge in [-0.3, -0.25) is 10.1 Å². The molecule has 1 N–H and O–H groups in total. The number of amides is 1. The Morgan fingerprint density at radius 3 is 2.62 bits per heavy atom. The van der Waals surface area contributed by atoms with Gasteiger partial charge in [0.1, 0.15) is 10.7 Å². The maximum absolute atomic E-state index is 12.6. The van der Waals surface area contributed by atoms with Gasteiger partial charge in [-0.1, -0.05) is 55.5 Å². The Hall–Kier alpha value is -2.12. The van der Waals surface area contributed by atoms with Gasteiger partial charge < -0.3 is 0 Å². The number of benzene rings is 1. The van der Waals surface area contributed by atoms with Gasteiger partial charge in [0, 0.05) is 6.42 Å². The fourth-order valence-electron chi connectivity index (χ4n) is 2.26. The van der Waals surface area contributed by atoms with Crippen LogP contribution in [0, 0.1) is 12.8 Å². The van der Waals surface area contributed by atoms with Gasteiger partial charge in [-0.05, 0) is 18.4 Å². The summed E-state index contributed by atoms with van der Waals surface area (Å²) >= 11 is 2.93. The number of hydrogen-bond donors (Lipinski definition) is 1. The van der Waals surface area contributed by atoms with E-state index in [1.54, 1.807) is 0 Å². The molecule has 0 aliphatic rings. The average Bonchev–Trinajstić information content (AvgIpc) is 3.14. The number of nitrogens with zero attached hydrogens (tertiary/aromatic N) is 3. The molecular formula is C17H18N4OS2. The van der Waals surface area contributed by atoms with Gasteiger partial charge in [-0.2, -0.15) is 0 Å². The first-order valence-electron chi connectivity index (χ1n) is 7.69. The van der Waals surface area contributed by atoms with E-state index in [2.05, 4.69) is 34.3 Å². The van der Waals surface area contributed by atoms with Crippen molar-refractivity contribution in [2.24, 2.45) is 5.92 Å².